The van der Waals surface area contributed by atoms with Crippen LogP contribution in [0.5, 0.6) is 0 Å². The van der Waals surface area contributed by atoms with Crippen LogP contribution in [0.3, 0.4) is 0 Å². The molecule has 2 amide bonds. The van der Waals surface area contributed by atoms with Crippen LogP contribution in [0.25, 0.3) is 22.2 Å². The fraction of sp³-hybridized carbons (Fsp3) is 0.261. The molecule has 0 bridgehead atoms. The van der Waals surface area contributed by atoms with E-state index in [0.717, 1.165) is 22.2 Å². The van der Waals surface area contributed by atoms with Gasteiger partial charge in [-0.25, -0.2) is 4.98 Å². The van der Waals surface area contributed by atoms with Gasteiger partial charge in [0.1, 0.15) is 6.04 Å². The largest absolute Gasteiger partial charge is 0.350 e. The molecule has 28 heavy (non-hydrogen) atoms. The van der Waals surface area contributed by atoms with Gasteiger partial charge < -0.3 is 10.6 Å². The minimum Gasteiger partial charge on any atom is -0.350 e. The number of hydrogen-bond donors (Lipinski definition) is 2. The fourth-order valence-corrected chi connectivity index (χ4v) is 2.94. The van der Waals surface area contributed by atoms with Crippen LogP contribution < -0.4 is 10.6 Å². The summed E-state index contributed by atoms with van der Waals surface area (Å²) in [6, 6.07) is 18.4. The van der Waals surface area contributed by atoms with Gasteiger partial charge in [-0.15, -0.1) is 0 Å². The second-order valence-corrected chi connectivity index (χ2v) is 7.87. The van der Waals surface area contributed by atoms with Crippen LogP contribution in [0.1, 0.15) is 38.1 Å². The van der Waals surface area contributed by atoms with E-state index < -0.39 is 6.04 Å². The van der Waals surface area contributed by atoms with Crippen molar-refractivity contribution in [2.24, 2.45) is 0 Å². The van der Waals surface area contributed by atoms with E-state index in [1.54, 1.807) is 13.0 Å². The Labute approximate surface area is 165 Å². The average molecular weight is 375 g/mol. The summed E-state index contributed by atoms with van der Waals surface area (Å²) >= 11 is 0. The van der Waals surface area contributed by atoms with Crippen molar-refractivity contribution in [2.75, 3.05) is 0 Å². The number of hydrogen-bond acceptors (Lipinski definition) is 3. The van der Waals surface area contributed by atoms with E-state index in [4.69, 9.17) is 4.98 Å². The summed E-state index contributed by atoms with van der Waals surface area (Å²) in [4.78, 5) is 30.0. The van der Waals surface area contributed by atoms with Gasteiger partial charge >= 0.3 is 0 Å². The Bertz CT molecular complexity index is 1010. The number of nitrogens with zero attached hydrogens (tertiary/aromatic N) is 1. The predicted molar refractivity (Wildman–Crippen MR) is 112 cm³/mol. The lowest BCUT2D eigenvalue weighted by Gasteiger charge is -2.23. The molecule has 3 aromatic rings. The number of benzene rings is 2. The van der Waals surface area contributed by atoms with Crippen LogP contribution in [-0.2, 0) is 4.79 Å². The SMILES string of the molecule is CC(NC(=O)c1cc(-c2ccccc2)nc2ccccc12)C(=O)NC(C)(C)C. The molecule has 1 aromatic heterocycles. The van der Waals surface area contributed by atoms with E-state index in [0.29, 0.717) is 5.56 Å². The van der Waals surface area contributed by atoms with Crippen LogP contribution in [0.15, 0.2) is 60.7 Å². The molecule has 0 radical (unpaired) electrons. The topological polar surface area (TPSA) is 71.1 Å². The third kappa shape index (κ3) is 4.55. The van der Waals surface area contributed by atoms with Crippen LogP contribution in [-0.4, -0.2) is 28.4 Å². The molecule has 0 aliphatic carbocycles. The number of fused-ring (bicyclic) bond motifs is 1. The van der Waals surface area contributed by atoms with E-state index in [-0.39, 0.29) is 17.4 Å². The van der Waals surface area contributed by atoms with Crippen molar-refractivity contribution in [2.45, 2.75) is 39.3 Å². The standard InChI is InChI=1S/C23H25N3O2/c1-15(21(27)26-23(2,3)4)24-22(28)18-14-20(16-10-6-5-7-11-16)25-19-13-9-8-12-17(18)19/h5-15H,1-4H3,(H,24,28)(H,26,27). The third-order valence-electron chi connectivity index (χ3n) is 4.27. The van der Waals surface area contributed by atoms with Crippen LogP contribution in [0, 0.1) is 0 Å². The summed E-state index contributed by atoms with van der Waals surface area (Å²) in [5.41, 5.74) is 2.53. The van der Waals surface area contributed by atoms with Crippen LogP contribution in [0.2, 0.25) is 0 Å². The first-order valence-electron chi connectivity index (χ1n) is 9.33. The lowest BCUT2D eigenvalue weighted by molar-refractivity contribution is -0.124. The van der Waals surface area contributed by atoms with Crippen molar-refractivity contribution in [3.05, 3.63) is 66.2 Å². The van der Waals surface area contributed by atoms with Crippen LogP contribution in [0.4, 0.5) is 0 Å². The molecule has 0 saturated carbocycles. The second-order valence-electron chi connectivity index (χ2n) is 7.87. The first-order chi connectivity index (χ1) is 13.2. The third-order valence-corrected chi connectivity index (χ3v) is 4.27. The van der Waals surface area contributed by atoms with Crippen molar-refractivity contribution >= 4 is 22.7 Å². The molecule has 5 heteroatoms. The summed E-state index contributed by atoms with van der Waals surface area (Å²) in [5.74, 6) is -0.519. The highest BCUT2D eigenvalue weighted by molar-refractivity contribution is 6.08. The summed E-state index contributed by atoms with van der Waals surface area (Å²) < 4.78 is 0. The van der Waals surface area contributed by atoms with Crippen molar-refractivity contribution < 1.29 is 9.59 Å². The van der Waals surface area contributed by atoms with Gasteiger partial charge in [0, 0.05) is 16.5 Å². The van der Waals surface area contributed by atoms with E-state index in [1.165, 1.54) is 0 Å². The summed E-state index contributed by atoms with van der Waals surface area (Å²) in [6.07, 6.45) is 0. The van der Waals surface area contributed by atoms with Gasteiger partial charge in [-0.1, -0.05) is 48.5 Å². The van der Waals surface area contributed by atoms with Crippen molar-refractivity contribution in [1.29, 1.82) is 0 Å². The summed E-state index contributed by atoms with van der Waals surface area (Å²) in [7, 11) is 0. The van der Waals surface area contributed by atoms with Crippen molar-refractivity contribution in [3.8, 4) is 11.3 Å². The Hall–Kier alpha value is -3.21. The maximum absolute atomic E-state index is 13.0. The molecule has 0 aliphatic rings. The number of aromatic nitrogens is 1. The van der Waals surface area contributed by atoms with Crippen molar-refractivity contribution in [3.63, 3.8) is 0 Å². The van der Waals surface area contributed by atoms with Crippen molar-refractivity contribution in [1.82, 2.24) is 15.6 Å². The number of carbonyl (C=O) groups excluding carboxylic acids is 2. The molecule has 2 aromatic carbocycles. The number of rotatable bonds is 4. The van der Waals surface area contributed by atoms with E-state index in [9.17, 15) is 9.59 Å². The second kappa shape index (κ2) is 7.80. The van der Waals surface area contributed by atoms with Gasteiger partial charge in [0.15, 0.2) is 0 Å². The summed E-state index contributed by atoms with van der Waals surface area (Å²) in [6.45, 7) is 7.40. The Morgan fingerprint density at radius 1 is 0.964 bits per heavy atom. The Morgan fingerprint density at radius 3 is 2.29 bits per heavy atom. The van der Waals surface area contributed by atoms with E-state index in [2.05, 4.69) is 10.6 Å². The van der Waals surface area contributed by atoms with E-state index in [1.807, 2.05) is 75.4 Å². The zero-order chi connectivity index (χ0) is 20.3. The smallest absolute Gasteiger partial charge is 0.252 e. The van der Waals surface area contributed by atoms with Gasteiger partial charge in [0.2, 0.25) is 5.91 Å². The first kappa shape index (κ1) is 19.5. The highest BCUT2D eigenvalue weighted by atomic mass is 16.2. The Kier molecular flexibility index (Phi) is 5.45. The number of amides is 2. The lowest BCUT2D eigenvalue weighted by atomic mass is 10.0. The molecule has 0 aliphatic heterocycles. The van der Waals surface area contributed by atoms with E-state index >= 15 is 0 Å². The maximum atomic E-state index is 13.0. The molecule has 0 fully saturated rings. The molecule has 2 N–H and O–H groups in total. The highest BCUT2D eigenvalue weighted by Crippen LogP contribution is 2.24. The quantitative estimate of drug-likeness (QED) is 0.726. The van der Waals surface area contributed by atoms with Gasteiger partial charge in [0.25, 0.3) is 5.91 Å². The lowest BCUT2D eigenvalue weighted by Crippen LogP contribution is -2.50. The molecule has 5 nitrogen and oxygen atoms in total. The fourth-order valence-electron chi connectivity index (χ4n) is 2.94. The predicted octanol–water partition coefficient (Wildman–Crippen LogP) is 3.93. The molecular weight excluding hydrogens is 350 g/mol. The van der Waals surface area contributed by atoms with Gasteiger partial charge in [-0.05, 0) is 39.8 Å². The monoisotopic (exact) mass is 375 g/mol. The molecular formula is C23H25N3O2. The minimum absolute atomic E-state index is 0.220. The Balaban J connectivity index is 1.95. The first-order valence-corrected chi connectivity index (χ1v) is 9.33. The highest BCUT2D eigenvalue weighted by Gasteiger charge is 2.22. The number of para-hydroxylation sites is 1. The number of carbonyl (C=O) groups is 2. The number of pyridine rings is 1. The molecule has 0 saturated heterocycles. The molecule has 1 atom stereocenters. The molecule has 1 unspecified atom stereocenters. The molecule has 1 heterocycles. The molecule has 144 valence electrons. The van der Waals surface area contributed by atoms with Crippen LogP contribution >= 0.6 is 0 Å². The molecule has 3 rings (SSSR count). The zero-order valence-electron chi connectivity index (χ0n) is 16.6. The van der Waals surface area contributed by atoms with Gasteiger partial charge in [-0.2, -0.15) is 0 Å². The summed E-state index contributed by atoms with van der Waals surface area (Å²) in [5, 5.41) is 6.45. The maximum Gasteiger partial charge on any atom is 0.252 e. The molecule has 0 spiro atoms. The minimum atomic E-state index is -0.654. The Morgan fingerprint density at radius 2 is 1.61 bits per heavy atom. The normalized spacial score (nSPS) is 12.4. The number of nitrogens with one attached hydrogen (secondary N) is 2. The zero-order valence-corrected chi connectivity index (χ0v) is 16.6. The van der Waals surface area contributed by atoms with Gasteiger partial charge in [0.05, 0.1) is 16.8 Å². The van der Waals surface area contributed by atoms with Gasteiger partial charge in [-0.3, -0.25) is 9.59 Å². The average Bonchev–Trinajstić information content (AvgIpc) is 2.66.